The van der Waals surface area contributed by atoms with E-state index in [4.69, 9.17) is 11.6 Å². The highest BCUT2D eigenvalue weighted by Gasteiger charge is 2.20. The molecule has 3 aromatic rings. The quantitative estimate of drug-likeness (QED) is 0.473. The normalized spacial score (nSPS) is 13.3. The molecule has 6 nitrogen and oxygen atoms in total. The molecule has 8 heteroatoms. The van der Waals surface area contributed by atoms with Gasteiger partial charge in [0, 0.05) is 10.7 Å². The highest BCUT2D eigenvalue weighted by Crippen LogP contribution is 2.25. The summed E-state index contributed by atoms with van der Waals surface area (Å²) in [7, 11) is 0. The van der Waals surface area contributed by atoms with Crippen LogP contribution in [0.25, 0.3) is 10.9 Å². The number of amides is 1. The number of carbonyl (C=O) groups is 1. The van der Waals surface area contributed by atoms with Gasteiger partial charge in [0.2, 0.25) is 5.91 Å². The SMILES string of the molecule is C[C@H](O)Cn1c(S[C@H](C)C(=O)Nc2ccccc2)nc2cc(Cl)ccc2c1=O. The van der Waals surface area contributed by atoms with Gasteiger partial charge in [-0.05, 0) is 44.2 Å². The van der Waals surface area contributed by atoms with Crippen LogP contribution in [0.3, 0.4) is 0 Å². The van der Waals surface area contributed by atoms with E-state index >= 15 is 0 Å². The number of aliphatic hydroxyl groups excluding tert-OH is 1. The second-order valence-electron chi connectivity index (χ2n) is 6.44. The fourth-order valence-corrected chi connectivity index (χ4v) is 3.75. The van der Waals surface area contributed by atoms with E-state index in [-0.39, 0.29) is 18.0 Å². The number of para-hydroxylation sites is 1. The Morgan fingerprint density at radius 2 is 1.96 bits per heavy atom. The largest absolute Gasteiger partial charge is 0.392 e. The van der Waals surface area contributed by atoms with Crippen molar-refractivity contribution in [3.8, 4) is 0 Å². The summed E-state index contributed by atoms with van der Waals surface area (Å²) in [5.74, 6) is -0.208. The lowest BCUT2D eigenvalue weighted by Crippen LogP contribution is -2.29. The maximum absolute atomic E-state index is 12.9. The average Bonchev–Trinajstić information content (AvgIpc) is 2.65. The van der Waals surface area contributed by atoms with E-state index in [1.54, 1.807) is 44.2 Å². The summed E-state index contributed by atoms with van der Waals surface area (Å²) in [4.78, 5) is 30.0. The molecule has 1 amide bonds. The van der Waals surface area contributed by atoms with Crippen LogP contribution in [0, 0.1) is 0 Å². The third kappa shape index (κ3) is 4.73. The Kier molecular flexibility index (Phi) is 6.39. The van der Waals surface area contributed by atoms with E-state index in [9.17, 15) is 14.7 Å². The zero-order valence-corrected chi connectivity index (χ0v) is 17.0. The third-order valence-electron chi connectivity index (χ3n) is 4.02. The van der Waals surface area contributed by atoms with Gasteiger partial charge in [-0.3, -0.25) is 14.2 Å². The Hall–Kier alpha value is -2.35. The van der Waals surface area contributed by atoms with Crippen molar-refractivity contribution >= 4 is 45.9 Å². The summed E-state index contributed by atoms with van der Waals surface area (Å²) in [5, 5.41) is 13.4. The molecule has 0 aliphatic carbocycles. The zero-order chi connectivity index (χ0) is 20.3. The number of anilines is 1. The number of hydrogen-bond donors (Lipinski definition) is 2. The second kappa shape index (κ2) is 8.77. The molecule has 0 bridgehead atoms. The van der Waals surface area contributed by atoms with Gasteiger partial charge < -0.3 is 10.4 Å². The summed E-state index contributed by atoms with van der Waals surface area (Å²) in [6.07, 6.45) is -0.739. The summed E-state index contributed by atoms with van der Waals surface area (Å²) < 4.78 is 1.40. The molecule has 3 rings (SSSR count). The van der Waals surface area contributed by atoms with E-state index in [2.05, 4.69) is 10.3 Å². The second-order valence-corrected chi connectivity index (χ2v) is 8.18. The van der Waals surface area contributed by atoms with Gasteiger partial charge in [-0.25, -0.2) is 4.98 Å². The number of aromatic nitrogens is 2. The number of rotatable bonds is 6. The minimum atomic E-state index is -0.739. The molecule has 0 saturated carbocycles. The van der Waals surface area contributed by atoms with Crippen molar-refractivity contribution in [1.29, 1.82) is 0 Å². The molecule has 1 aromatic heterocycles. The molecule has 2 aromatic carbocycles. The molecule has 0 spiro atoms. The van der Waals surface area contributed by atoms with Crippen LogP contribution in [-0.4, -0.2) is 31.9 Å². The van der Waals surface area contributed by atoms with Crippen LogP contribution >= 0.6 is 23.4 Å². The van der Waals surface area contributed by atoms with Gasteiger partial charge >= 0.3 is 0 Å². The first-order valence-corrected chi connectivity index (χ1v) is 10.0. The van der Waals surface area contributed by atoms with Gasteiger partial charge in [0.1, 0.15) is 0 Å². The Balaban J connectivity index is 1.93. The number of nitrogens with one attached hydrogen (secondary N) is 1. The maximum atomic E-state index is 12.9. The van der Waals surface area contributed by atoms with Gasteiger partial charge in [-0.2, -0.15) is 0 Å². The minimum Gasteiger partial charge on any atom is -0.392 e. The summed E-state index contributed by atoms with van der Waals surface area (Å²) in [6.45, 7) is 3.42. The molecule has 2 atom stereocenters. The molecule has 0 saturated heterocycles. The number of aliphatic hydroxyl groups is 1. The zero-order valence-electron chi connectivity index (χ0n) is 15.4. The number of thioether (sulfide) groups is 1. The lowest BCUT2D eigenvalue weighted by atomic mass is 10.2. The molecule has 0 fully saturated rings. The van der Waals surface area contributed by atoms with Crippen molar-refractivity contribution < 1.29 is 9.90 Å². The van der Waals surface area contributed by atoms with Crippen molar-refractivity contribution in [3.63, 3.8) is 0 Å². The number of benzene rings is 2. The molecular weight excluding hydrogens is 398 g/mol. The van der Waals surface area contributed by atoms with Gasteiger partial charge in [0.15, 0.2) is 5.16 Å². The molecule has 2 N–H and O–H groups in total. The summed E-state index contributed by atoms with van der Waals surface area (Å²) in [5.41, 5.74) is 0.873. The van der Waals surface area contributed by atoms with E-state index in [1.165, 1.54) is 4.57 Å². The molecule has 0 radical (unpaired) electrons. The van der Waals surface area contributed by atoms with Gasteiger partial charge in [-0.1, -0.05) is 41.6 Å². The highest BCUT2D eigenvalue weighted by molar-refractivity contribution is 8.00. The molecule has 146 valence electrons. The first-order chi connectivity index (χ1) is 13.3. The van der Waals surface area contributed by atoms with Gasteiger partial charge in [0.25, 0.3) is 5.56 Å². The number of halogens is 1. The monoisotopic (exact) mass is 417 g/mol. The van der Waals surface area contributed by atoms with E-state index in [1.807, 2.05) is 18.2 Å². The van der Waals surface area contributed by atoms with E-state index in [0.29, 0.717) is 26.8 Å². The summed E-state index contributed by atoms with van der Waals surface area (Å²) >= 11 is 7.19. The van der Waals surface area contributed by atoms with Crippen molar-refractivity contribution in [1.82, 2.24) is 9.55 Å². The molecular formula is C20H20ClN3O3S. The summed E-state index contributed by atoms with van der Waals surface area (Å²) in [6, 6.07) is 14.0. The minimum absolute atomic E-state index is 0.0831. The Bertz CT molecular complexity index is 1050. The third-order valence-corrected chi connectivity index (χ3v) is 5.35. The fraction of sp³-hybridized carbons (Fsp3) is 0.250. The van der Waals surface area contributed by atoms with Crippen LogP contribution in [0.2, 0.25) is 5.02 Å². The smallest absolute Gasteiger partial charge is 0.262 e. The lowest BCUT2D eigenvalue weighted by molar-refractivity contribution is -0.115. The van der Waals surface area contributed by atoms with E-state index < -0.39 is 11.4 Å². The number of nitrogens with zero attached hydrogens (tertiary/aromatic N) is 2. The Morgan fingerprint density at radius 1 is 1.25 bits per heavy atom. The Labute approximate surface area is 171 Å². The predicted octanol–water partition coefficient (Wildman–Crippen LogP) is 3.55. The number of hydrogen-bond acceptors (Lipinski definition) is 5. The van der Waals surface area contributed by atoms with E-state index in [0.717, 1.165) is 11.8 Å². The molecule has 1 heterocycles. The first kappa shape index (κ1) is 20.4. The van der Waals surface area contributed by atoms with Gasteiger partial charge in [-0.15, -0.1) is 0 Å². The van der Waals surface area contributed by atoms with Crippen molar-refractivity contribution in [2.45, 2.75) is 36.9 Å². The maximum Gasteiger partial charge on any atom is 0.262 e. The molecule has 0 aliphatic rings. The highest BCUT2D eigenvalue weighted by atomic mass is 35.5. The first-order valence-electron chi connectivity index (χ1n) is 8.76. The standard InChI is InChI=1S/C20H20ClN3O3S/c1-12(25)11-24-19(27)16-9-8-14(21)10-17(16)23-20(24)28-13(2)18(26)22-15-6-4-3-5-7-15/h3-10,12-13,25H,11H2,1-2H3,(H,22,26)/t12-,13+/m0/s1. The molecule has 28 heavy (non-hydrogen) atoms. The molecule has 0 aliphatic heterocycles. The van der Waals surface area contributed by atoms with Gasteiger partial charge in [0.05, 0.1) is 28.8 Å². The van der Waals surface area contributed by atoms with Crippen LogP contribution in [0.5, 0.6) is 0 Å². The van der Waals surface area contributed by atoms with Crippen molar-refractivity contribution in [3.05, 3.63) is 63.9 Å². The van der Waals surface area contributed by atoms with Crippen molar-refractivity contribution in [2.24, 2.45) is 0 Å². The average molecular weight is 418 g/mol. The fourth-order valence-electron chi connectivity index (χ4n) is 2.67. The van der Waals surface area contributed by atoms with Crippen LogP contribution in [0.4, 0.5) is 5.69 Å². The number of carbonyl (C=O) groups excluding carboxylic acids is 1. The topological polar surface area (TPSA) is 84.2 Å². The van der Waals surface area contributed by atoms with Crippen LogP contribution in [0.15, 0.2) is 58.5 Å². The van der Waals surface area contributed by atoms with Crippen LogP contribution in [0.1, 0.15) is 13.8 Å². The molecule has 0 unspecified atom stereocenters. The van der Waals surface area contributed by atoms with Crippen LogP contribution in [-0.2, 0) is 11.3 Å². The lowest BCUT2D eigenvalue weighted by Gasteiger charge is -2.17. The van der Waals surface area contributed by atoms with Crippen molar-refractivity contribution in [2.75, 3.05) is 5.32 Å². The number of fused-ring (bicyclic) bond motifs is 1. The Morgan fingerprint density at radius 3 is 2.64 bits per heavy atom. The predicted molar refractivity (Wildman–Crippen MR) is 113 cm³/mol. The van der Waals surface area contributed by atoms with Crippen LogP contribution < -0.4 is 10.9 Å².